The molecule has 0 saturated heterocycles. The normalized spacial score (nSPS) is 11.8. The van der Waals surface area contributed by atoms with Gasteiger partial charge in [0.05, 0.1) is 10.0 Å². The molecule has 0 aliphatic heterocycles. The van der Waals surface area contributed by atoms with Gasteiger partial charge in [0.2, 0.25) is 0 Å². The van der Waals surface area contributed by atoms with E-state index >= 15 is 0 Å². The van der Waals surface area contributed by atoms with Crippen molar-refractivity contribution in [2.45, 2.75) is 5.92 Å². The molecule has 0 heterocycles. The molecule has 1 atom stereocenters. The van der Waals surface area contributed by atoms with Gasteiger partial charge in [0.25, 0.3) is 0 Å². The maximum Gasteiger partial charge on any atom is 0.133 e. The summed E-state index contributed by atoms with van der Waals surface area (Å²) in [5, 5.41) is 21.2. The summed E-state index contributed by atoms with van der Waals surface area (Å²) in [6.07, 6.45) is 0. The van der Waals surface area contributed by atoms with Crippen LogP contribution in [0.4, 0.5) is 0 Å². The lowest BCUT2D eigenvalue weighted by atomic mass is 9.93. The summed E-state index contributed by atoms with van der Waals surface area (Å²) in [5.41, 5.74) is 2.01. The first kappa shape index (κ1) is 15.1. The maximum atomic E-state index is 9.37. The zero-order valence-electron chi connectivity index (χ0n) is 10.4. The van der Waals surface area contributed by atoms with Crippen LogP contribution in [0.5, 0.6) is 5.75 Å². The summed E-state index contributed by atoms with van der Waals surface area (Å²) in [6.45, 7) is 0. The Hall–Kier alpha value is -1.34. The molecule has 0 aliphatic carbocycles. The van der Waals surface area contributed by atoms with Gasteiger partial charge in [-0.15, -0.1) is 0 Å². The molecule has 2 aromatic carbocycles. The molecular weight excluding hydrogens is 313 g/mol. The highest BCUT2D eigenvalue weighted by Crippen LogP contribution is 2.33. The zero-order chi connectivity index (χ0) is 14.5. The number of phenolic OH excluding ortho intramolecular Hbond substituents is 1. The highest BCUT2D eigenvalue weighted by Gasteiger charge is 2.15. The molecule has 1 N–H and O–H groups in total. The summed E-state index contributed by atoms with van der Waals surface area (Å²) in [7, 11) is 0. The largest absolute Gasteiger partial charge is 0.508 e. The molecule has 0 aliphatic rings. The standard InChI is InChI=1S/C15H11Cl2NOS/c16-14-6-3-11(7-15(14)17)13(8-20-9-18)10-1-4-12(19)5-2-10/h1-7,13,19H,8H2. The molecule has 102 valence electrons. The van der Waals surface area contributed by atoms with Crippen LogP contribution in [0.2, 0.25) is 10.0 Å². The van der Waals surface area contributed by atoms with E-state index < -0.39 is 0 Å². The van der Waals surface area contributed by atoms with Crippen LogP contribution in [0, 0.1) is 10.7 Å². The van der Waals surface area contributed by atoms with E-state index in [1.54, 1.807) is 18.2 Å². The first-order valence-corrected chi connectivity index (χ1v) is 7.60. The molecule has 0 saturated carbocycles. The van der Waals surface area contributed by atoms with Crippen molar-refractivity contribution in [2.75, 3.05) is 5.75 Å². The second-order valence-corrected chi connectivity index (χ2v) is 5.84. The van der Waals surface area contributed by atoms with Crippen molar-refractivity contribution in [3.05, 3.63) is 63.6 Å². The average Bonchev–Trinajstić information content (AvgIpc) is 2.45. The number of nitrogens with zero attached hydrogens (tertiary/aromatic N) is 1. The third-order valence-corrected chi connectivity index (χ3v) is 4.32. The fourth-order valence-electron chi connectivity index (χ4n) is 1.94. The van der Waals surface area contributed by atoms with Crippen LogP contribution in [0.1, 0.15) is 17.0 Å². The van der Waals surface area contributed by atoms with Crippen molar-refractivity contribution < 1.29 is 5.11 Å². The number of benzene rings is 2. The number of aromatic hydroxyl groups is 1. The lowest BCUT2D eigenvalue weighted by molar-refractivity contribution is 0.475. The number of nitriles is 1. The quantitative estimate of drug-likeness (QED) is 0.801. The van der Waals surface area contributed by atoms with Crippen LogP contribution in [-0.4, -0.2) is 10.9 Å². The molecular formula is C15H11Cl2NOS. The highest BCUT2D eigenvalue weighted by molar-refractivity contribution is 8.03. The number of hydrogen-bond donors (Lipinski definition) is 1. The van der Waals surface area contributed by atoms with Gasteiger partial charge in [-0.3, -0.25) is 0 Å². The van der Waals surface area contributed by atoms with Crippen molar-refractivity contribution in [3.63, 3.8) is 0 Å². The number of thioether (sulfide) groups is 1. The van der Waals surface area contributed by atoms with E-state index in [-0.39, 0.29) is 11.7 Å². The van der Waals surface area contributed by atoms with Crippen molar-refractivity contribution >= 4 is 35.0 Å². The van der Waals surface area contributed by atoms with Crippen LogP contribution in [0.3, 0.4) is 0 Å². The number of hydrogen-bond acceptors (Lipinski definition) is 3. The van der Waals surface area contributed by atoms with Crippen LogP contribution in [0.25, 0.3) is 0 Å². The maximum absolute atomic E-state index is 9.37. The van der Waals surface area contributed by atoms with E-state index in [1.807, 2.05) is 24.3 Å². The molecule has 0 radical (unpaired) electrons. The molecule has 0 fully saturated rings. The lowest BCUT2D eigenvalue weighted by Crippen LogP contribution is -2.04. The van der Waals surface area contributed by atoms with Crippen molar-refractivity contribution in [2.24, 2.45) is 0 Å². The monoisotopic (exact) mass is 323 g/mol. The highest BCUT2D eigenvalue weighted by atomic mass is 35.5. The smallest absolute Gasteiger partial charge is 0.133 e. The summed E-state index contributed by atoms with van der Waals surface area (Å²) >= 11 is 13.2. The second-order valence-electron chi connectivity index (χ2n) is 4.22. The zero-order valence-corrected chi connectivity index (χ0v) is 12.7. The summed E-state index contributed by atoms with van der Waals surface area (Å²) in [6, 6.07) is 12.4. The fourth-order valence-corrected chi connectivity index (χ4v) is 2.87. The lowest BCUT2D eigenvalue weighted by Gasteiger charge is -2.17. The van der Waals surface area contributed by atoms with Crippen LogP contribution >= 0.6 is 35.0 Å². The molecule has 5 heteroatoms. The number of phenols is 1. The van der Waals surface area contributed by atoms with Crippen LogP contribution < -0.4 is 0 Å². The minimum atomic E-state index is 0.0232. The summed E-state index contributed by atoms with van der Waals surface area (Å²) in [4.78, 5) is 0. The van der Waals surface area contributed by atoms with Crippen LogP contribution in [0.15, 0.2) is 42.5 Å². The Kier molecular flexibility index (Phi) is 5.19. The Morgan fingerprint density at radius 1 is 1.05 bits per heavy atom. The fraction of sp³-hybridized carbons (Fsp3) is 0.133. The Morgan fingerprint density at radius 3 is 2.30 bits per heavy atom. The Labute approximate surface area is 131 Å². The van der Waals surface area contributed by atoms with E-state index in [4.69, 9.17) is 28.5 Å². The second kappa shape index (κ2) is 6.90. The number of halogens is 2. The molecule has 0 amide bonds. The third-order valence-electron chi connectivity index (χ3n) is 2.96. The van der Waals surface area contributed by atoms with Gasteiger partial charge in [-0.05, 0) is 47.2 Å². The molecule has 0 aromatic heterocycles. The van der Waals surface area contributed by atoms with Crippen molar-refractivity contribution in [1.29, 1.82) is 5.26 Å². The van der Waals surface area contributed by atoms with E-state index in [2.05, 4.69) is 5.40 Å². The van der Waals surface area contributed by atoms with Gasteiger partial charge in [0.1, 0.15) is 11.2 Å². The molecule has 2 rings (SSSR count). The number of rotatable bonds is 4. The minimum absolute atomic E-state index is 0.0232. The predicted octanol–water partition coefficient (Wildman–Crippen LogP) is 5.05. The van der Waals surface area contributed by atoms with Gasteiger partial charge in [0.15, 0.2) is 0 Å². The molecule has 1 unspecified atom stereocenters. The summed E-state index contributed by atoms with van der Waals surface area (Å²) < 4.78 is 0. The Morgan fingerprint density at radius 2 is 1.70 bits per heavy atom. The van der Waals surface area contributed by atoms with Gasteiger partial charge in [0, 0.05) is 11.7 Å². The molecule has 0 spiro atoms. The van der Waals surface area contributed by atoms with Crippen molar-refractivity contribution in [1.82, 2.24) is 0 Å². The van der Waals surface area contributed by atoms with Crippen molar-refractivity contribution in [3.8, 4) is 11.2 Å². The first-order chi connectivity index (χ1) is 9.61. The average molecular weight is 324 g/mol. The van der Waals surface area contributed by atoms with Gasteiger partial charge in [-0.1, -0.05) is 41.4 Å². The molecule has 2 aromatic rings. The van der Waals surface area contributed by atoms with E-state index in [1.165, 1.54) is 11.8 Å². The van der Waals surface area contributed by atoms with Gasteiger partial charge < -0.3 is 5.11 Å². The van der Waals surface area contributed by atoms with Gasteiger partial charge in [-0.25, -0.2) is 0 Å². The van der Waals surface area contributed by atoms with E-state index in [0.717, 1.165) is 11.1 Å². The molecule has 2 nitrogen and oxygen atoms in total. The first-order valence-electron chi connectivity index (χ1n) is 5.86. The molecule has 20 heavy (non-hydrogen) atoms. The van der Waals surface area contributed by atoms with Crippen LogP contribution in [-0.2, 0) is 0 Å². The third kappa shape index (κ3) is 3.61. The Balaban J connectivity index is 2.38. The van der Waals surface area contributed by atoms with Gasteiger partial charge in [-0.2, -0.15) is 5.26 Å². The topological polar surface area (TPSA) is 44.0 Å². The predicted molar refractivity (Wildman–Crippen MR) is 84.5 cm³/mol. The van der Waals surface area contributed by atoms with E-state index in [0.29, 0.717) is 15.8 Å². The van der Waals surface area contributed by atoms with Gasteiger partial charge >= 0.3 is 0 Å². The molecule has 0 bridgehead atoms. The van der Waals surface area contributed by atoms with E-state index in [9.17, 15) is 5.11 Å². The Bertz CT molecular complexity index is 637. The number of thiocyanates is 1. The SMILES string of the molecule is N#CSCC(c1ccc(O)cc1)c1ccc(Cl)c(Cl)c1. The summed E-state index contributed by atoms with van der Waals surface area (Å²) in [5.74, 6) is 0.851. The minimum Gasteiger partial charge on any atom is -0.508 e.